The van der Waals surface area contributed by atoms with Crippen molar-refractivity contribution < 1.29 is 4.39 Å². The highest BCUT2D eigenvalue weighted by Crippen LogP contribution is 2.15. The van der Waals surface area contributed by atoms with Crippen LogP contribution >= 0.6 is 35.3 Å². The van der Waals surface area contributed by atoms with Crippen molar-refractivity contribution in [3.8, 4) is 0 Å². The first-order valence-electron chi connectivity index (χ1n) is 8.97. The summed E-state index contributed by atoms with van der Waals surface area (Å²) in [6.07, 6.45) is 4.03. The molecule has 0 bridgehead atoms. The normalized spacial score (nSPS) is 16.0. The van der Waals surface area contributed by atoms with Crippen LogP contribution in [-0.4, -0.2) is 42.0 Å². The minimum atomic E-state index is -0.177. The van der Waals surface area contributed by atoms with Gasteiger partial charge in [0.25, 0.3) is 0 Å². The Hall–Kier alpha value is -1.26. The number of rotatable bonds is 5. The molecule has 1 aliphatic heterocycles. The van der Waals surface area contributed by atoms with Gasteiger partial charge in [0.05, 0.1) is 6.54 Å². The highest BCUT2D eigenvalue weighted by Gasteiger charge is 2.20. The van der Waals surface area contributed by atoms with Gasteiger partial charge in [0.1, 0.15) is 10.8 Å². The van der Waals surface area contributed by atoms with Crippen LogP contribution in [0.5, 0.6) is 0 Å². The van der Waals surface area contributed by atoms with Gasteiger partial charge in [-0.2, -0.15) is 0 Å². The Morgan fingerprint density at radius 3 is 2.59 bits per heavy atom. The topological polar surface area (TPSA) is 52.6 Å². The molecule has 0 unspecified atom stereocenters. The average molecular weight is 503 g/mol. The lowest BCUT2D eigenvalue weighted by molar-refractivity contribution is 0.198. The molecule has 0 saturated carbocycles. The van der Waals surface area contributed by atoms with Crippen LogP contribution in [0.15, 0.2) is 35.5 Å². The number of aromatic nitrogens is 1. The third kappa shape index (κ3) is 7.00. The molecule has 1 aromatic carbocycles. The number of nitrogens with zero attached hydrogens (tertiary/aromatic N) is 3. The summed E-state index contributed by atoms with van der Waals surface area (Å²) in [5.74, 6) is 0.651. The van der Waals surface area contributed by atoms with E-state index in [-0.39, 0.29) is 29.8 Å². The molecule has 0 aliphatic carbocycles. The number of hydrogen-bond acceptors (Lipinski definition) is 4. The lowest BCUT2D eigenvalue weighted by atomic mass is 10.0. The largest absolute Gasteiger partial charge is 0.354 e. The predicted octanol–water partition coefficient (Wildman–Crippen LogP) is 3.54. The second-order valence-electron chi connectivity index (χ2n) is 6.61. The molecule has 0 atom stereocenters. The van der Waals surface area contributed by atoms with Crippen molar-refractivity contribution >= 4 is 41.3 Å². The molecular weight excluding hydrogens is 476 g/mol. The summed E-state index contributed by atoms with van der Waals surface area (Å²) < 4.78 is 13.0. The zero-order valence-corrected chi connectivity index (χ0v) is 18.9. The molecule has 1 aliphatic rings. The maximum Gasteiger partial charge on any atom is 0.191 e. The molecule has 0 radical (unpaired) electrons. The van der Waals surface area contributed by atoms with E-state index in [0.29, 0.717) is 12.6 Å². The van der Waals surface area contributed by atoms with Crippen LogP contribution in [0, 0.1) is 12.7 Å². The highest BCUT2D eigenvalue weighted by atomic mass is 127. The van der Waals surface area contributed by atoms with Crippen molar-refractivity contribution in [3.05, 3.63) is 51.7 Å². The number of aliphatic imine (C=N–C) groups is 1. The first-order valence-corrected chi connectivity index (χ1v) is 9.79. The van der Waals surface area contributed by atoms with Crippen LogP contribution < -0.4 is 10.6 Å². The number of hydrogen-bond donors (Lipinski definition) is 2. The van der Waals surface area contributed by atoms with E-state index in [0.717, 1.165) is 49.0 Å². The molecule has 3 rings (SSSR count). The van der Waals surface area contributed by atoms with Crippen LogP contribution in [0.2, 0.25) is 0 Å². The second-order valence-corrected chi connectivity index (χ2v) is 7.93. The van der Waals surface area contributed by atoms with Crippen molar-refractivity contribution in [1.29, 1.82) is 0 Å². The summed E-state index contributed by atoms with van der Waals surface area (Å²) in [5.41, 5.74) is 1.16. The summed E-state index contributed by atoms with van der Waals surface area (Å²) in [6.45, 7) is 5.69. The van der Waals surface area contributed by atoms with E-state index in [1.54, 1.807) is 18.4 Å². The summed E-state index contributed by atoms with van der Waals surface area (Å²) in [6, 6.07) is 7.22. The number of piperidine rings is 1. The van der Waals surface area contributed by atoms with Gasteiger partial charge in [0.2, 0.25) is 0 Å². The van der Waals surface area contributed by atoms with Crippen LogP contribution in [-0.2, 0) is 13.1 Å². The van der Waals surface area contributed by atoms with Gasteiger partial charge in [-0.1, -0.05) is 12.1 Å². The molecule has 0 amide bonds. The summed E-state index contributed by atoms with van der Waals surface area (Å²) in [7, 11) is 1.80. The maximum absolute atomic E-state index is 13.0. The number of likely N-dealkylation sites (tertiary alicyclic amines) is 1. The smallest absolute Gasteiger partial charge is 0.191 e. The van der Waals surface area contributed by atoms with Gasteiger partial charge in [-0.25, -0.2) is 9.37 Å². The molecule has 8 heteroatoms. The second kappa shape index (κ2) is 10.9. The monoisotopic (exact) mass is 503 g/mol. The van der Waals surface area contributed by atoms with Crippen molar-refractivity contribution in [2.45, 2.75) is 38.9 Å². The molecule has 27 heavy (non-hydrogen) atoms. The quantitative estimate of drug-likeness (QED) is 0.373. The van der Waals surface area contributed by atoms with Gasteiger partial charge < -0.3 is 10.6 Å². The third-order valence-corrected chi connectivity index (χ3v) is 5.46. The van der Waals surface area contributed by atoms with E-state index in [4.69, 9.17) is 0 Å². The van der Waals surface area contributed by atoms with Gasteiger partial charge in [-0.05, 0) is 37.5 Å². The number of thiazole rings is 1. The fourth-order valence-corrected chi connectivity index (χ4v) is 3.84. The molecular formula is C19H27FIN5S. The molecule has 2 heterocycles. The number of nitrogens with one attached hydrogen (secondary N) is 2. The van der Waals surface area contributed by atoms with E-state index in [1.165, 1.54) is 17.0 Å². The predicted molar refractivity (Wildman–Crippen MR) is 120 cm³/mol. The molecule has 1 aromatic heterocycles. The Kier molecular flexibility index (Phi) is 8.91. The molecule has 2 N–H and O–H groups in total. The van der Waals surface area contributed by atoms with Crippen LogP contribution in [0.25, 0.3) is 0 Å². The molecule has 0 spiro atoms. The Morgan fingerprint density at radius 1 is 1.30 bits per heavy atom. The Morgan fingerprint density at radius 2 is 2.00 bits per heavy atom. The zero-order valence-electron chi connectivity index (χ0n) is 15.7. The Labute approximate surface area is 181 Å². The zero-order chi connectivity index (χ0) is 18.4. The van der Waals surface area contributed by atoms with Crippen LogP contribution in [0.3, 0.4) is 0 Å². The molecule has 5 nitrogen and oxygen atoms in total. The number of halogens is 2. The van der Waals surface area contributed by atoms with Crippen molar-refractivity contribution in [2.24, 2.45) is 4.99 Å². The van der Waals surface area contributed by atoms with E-state index in [9.17, 15) is 4.39 Å². The van der Waals surface area contributed by atoms with Crippen molar-refractivity contribution in [1.82, 2.24) is 20.5 Å². The van der Waals surface area contributed by atoms with E-state index in [2.05, 4.69) is 32.4 Å². The summed E-state index contributed by atoms with van der Waals surface area (Å²) >= 11 is 1.70. The third-order valence-electron chi connectivity index (χ3n) is 4.55. The number of benzene rings is 1. The van der Waals surface area contributed by atoms with Gasteiger partial charge in [0.15, 0.2) is 5.96 Å². The lowest BCUT2D eigenvalue weighted by Crippen LogP contribution is -2.48. The fraction of sp³-hybridized carbons (Fsp3) is 0.474. The van der Waals surface area contributed by atoms with Gasteiger partial charge in [-0.15, -0.1) is 35.3 Å². The summed E-state index contributed by atoms with van der Waals surface area (Å²) in [4.78, 5) is 12.3. The standard InChI is InChI=1S/C19H26FN5S.HI/c1-14-11-22-18(26-14)12-23-19(21-2)24-17-7-9-25(10-8-17)13-15-3-5-16(20)6-4-15;/h3-6,11,17H,7-10,12-13H2,1-2H3,(H2,21,23,24);1H. The van der Waals surface area contributed by atoms with E-state index < -0.39 is 0 Å². The minimum Gasteiger partial charge on any atom is -0.354 e. The van der Waals surface area contributed by atoms with Gasteiger partial charge >= 0.3 is 0 Å². The minimum absolute atomic E-state index is 0. The molecule has 1 saturated heterocycles. The first kappa shape index (κ1) is 22.0. The Balaban J connectivity index is 0.00000261. The number of aryl methyl sites for hydroxylation is 1. The van der Waals surface area contributed by atoms with Crippen LogP contribution in [0.1, 0.15) is 28.3 Å². The maximum atomic E-state index is 13.0. The highest BCUT2D eigenvalue weighted by molar-refractivity contribution is 14.0. The van der Waals surface area contributed by atoms with E-state index >= 15 is 0 Å². The van der Waals surface area contributed by atoms with E-state index in [1.807, 2.05) is 18.3 Å². The Bertz CT molecular complexity index is 726. The average Bonchev–Trinajstić information content (AvgIpc) is 3.07. The first-order chi connectivity index (χ1) is 12.6. The molecule has 148 valence electrons. The van der Waals surface area contributed by atoms with Gasteiger partial charge in [-0.3, -0.25) is 9.89 Å². The molecule has 2 aromatic rings. The SMILES string of the molecule is CN=C(NCc1ncc(C)s1)NC1CCN(Cc2ccc(F)cc2)CC1.I. The fourth-order valence-electron chi connectivity index (χ4n) is 3.11. The number of guanidine groups is 1. The van der Waals surface area contributed by atoms with Gasteiger partial charge in [0, 0.05) is 43.8 Å². The van der Waals surface area contributed by atoms with Crippen molar-refractivity contribution in [3.63, 3.8) is 0 Å². The summed E-state index contributed by atoms with van der Waals surface area (Å²) in [5, 5.41) is 7.92. The van der Waals surface area contributed by atoms with Crippen LogP contribution in [0.4, 0.5) is 4.39 Å². The lowest BCUT2D eigenvalue weighted by Gasteiger charge is -2.33. The molecule has 1 fully saturated rings. The van der Waals surface area contributed by atoms with Crippen molar-refractivity contribution in [2.75, 3.05) is 20.1 Å².